The molecule has 1 amide bonds. The molecule has 170 valence electrons. The van der Waals surface area contributed by atoms with Gasteiger partial charge < -0.3 is 9.64 Å². The van der Waals surface area contributed by atoms with Gasteiger partial charge in [0.1, 0.15) is 5.56 Å². The lowest BCUT2D eigenvalue weighted by atomic mass is 9.77. The maximum atomic E-state index is 13.1. The molecule has 0 N–H and O–H groups in total. The number of nitrogens with zero attached hydrogens (tertiary/aromatic N) is 3. The number of methoxy groups -OCH3 is 1. The fourth-order valence-corrected chi connectivity index (χ4v) is 5.58. The summed E-state index contributed by atoms with van der Waals surface area (Å²) in [7, 11) is 1.42. The molecule has 1 aliphatic heterocycles. The number of aromatic nitrogens is 2. The zero-order valence-electron chi connectivity index (χ0n) is 19.0. The number of piperidine rings is 1. The van der Waals surface area contributed by atoms with Crippen molar-refractivity contribution in [3.8, 4) is 5.69 Å². The molecule has 0 unspecified atom stereocenters. The van der Waals surface area contributed by atoms with E-state index in [1.807, 2.05) is 4.68 Å². The second kappa shape index (κ2) is 9.08. The number of carbonyl (C=O) groups is 2. The molecule has 0 spiro atoms. The summed E-state index contributed by atoms with van der Waals surface area (Å²) in [6, 6.07) is 8.53. The average molecular weight is 436 g/mol. The fraction of sp³-hybridized carbons (Fsp3) is 0.577. The molecule has 3 fully saturated rings. The summed E-state index contributed by atoms with van der Waals surface area (Å²) in [6.45, 7) is 1.86. The van der Waals surface area contributed by atoms with Crippen LogP contribution in [0, 0.1) is 5.92 Å². The predicted octanol–water partition coefficient (Wildman–Crippen LogP) is 4.82. The maximum absolute atomic E-state index is 13.1. The highest BCUT2D eigenvalue weighted by Gasteiger charge is 2.34. The summed E-state index contributed by atoms with van der Waals surface area (Å²) < 4.78 is 6.90. The highest BCUT2D eigenvalue weighted by molar-refractivity contribution is 5.91. The van der Waals surface area contributed by atoms with Gasteiger partial charge in [-0.25, -0.2) is 9.48 Å². The van der Waals surface area contributed by atoms with Crippen molar-refractivity contribution >= 4 is 11.9 Å². The van der Waals surface area contributed by atoms with Gasteiger partial charge in [-0.3, -0.25) is 4.79 Å². The first-order valence-corrected chi connectivity index (χ1v) is 12.2. The molecule has 0 radical (unpaired) electrons. The Bertz CT molecular complexity index is 988. The molecule has 3 aliphatic rings. The Labute approximate surface area is 189 Å². The van der Waals surface area contributed by atoms with Gasteiger partial charge in [0.25, 0.3) is 0 Å². The van der Waals surface area contributed by atoms with E-state index in [1.165, 1.54) is 19.1 Å². The Balaban J connectivity index is 1.37. The molecule has 32 heavy (non-hydrogen) atoms. The standard InChI is InChI=1S/C26H33N3O3/c1-32-26(31)23-17-27-29(24(23)18-11-12-18)22-10-6-8-20(16-22)19-7-5-9-21(15-19)25(30)28-13-3-2-4-14-28/h6,8,10,16-19,21H,2-5,7,9,11-15H2,1H3/t19-,21+/m1/s1. The fourth-order valence-electron chi connectivity index (χ4n) is 5.58. The molecule has 1 saturated heterocycles. The van der Waals surface area contributed by atoms with Crippen LogP contribution in [-0.4, -0.2) is 46.8 Å². The zero-order valence-corrected chi connectivity index (χ0v) is 19.0. The molecule has 2 saturated carbocycles. The van der Waals surface area contributed by atoms with Gasteiger partial charge in [0.2, 0.25) is 5.91 Å². The summed E-state index contributed by atoms with van der Waals surface area (Å²) in [6.07, 6.45) is 11.5. The molecule has 2 aliphatic carbocycles. The van der Waals surface area contributed by atoms with Crippen LogP contribution in [0.5, 0.6) is 0 Å². The summed E-state index contributed by atoms with van der Waals surface area (Å²) in [4.78, 5) is 27.5. The number of hydrogen-bond acceptors (Lipinski definition) is 4. The number of benzene rings is 1. The molecule has 0 bridgehead atoms. The van der Waals surface area contributed by atoms with Gasteiger partial charge >= 0.3 is 5.97 Å². The Morgan fingerprint density at radius 2 is 1.81 bits per heavy atom. The Hall–Kier alpha value is -2.63. The SMILES string of the molecule is COC(=O)c1cnn(-c2cccc([C@@H]3CCC[C@H](C(=O)N4CCCCC4)C3)c2)c1C1CC1. The third kappa shape index (κ3) is 4.19. The normalized spacial score (nSPS) is 23.7. The number of likely N-dealkylation sites (tertiary alicyclic amines) is 1. The van der Waals surface area contributed by atoms with Crippen molar-refractivity contribution in [1.82, 2.24) is 14.7 Å². The molecule has 6 heteroatoms. The van der Waals surface area contributed by atoms with Gasteiger partial charge in [0.05, 0.1) is 24.7 Å². The van der Waals surface area contributed by atoms with Crippen LogP contribution in [0.15, 0.2) is 30.5 Å². The molecule has 2 aromatic rings. The van der Waals surface area contributed by atoms with E-state index in [0.717, 1.165) is 75.8 Å². The van der Waals surface area contributed by atoms with E-state index < -0.39 is 0 Å². The van der Waals surface area contributed by atoms with Crippen LogP contribution in [0.3, 0.4) is 0 Å². The van der Waals surface area contributed by atoms with Gasteiger partial charge in [-0.15, -0.1) is 0 Å². The van der Waals surface area contributed by atoms with Gasteiger partial charge in [0, 0.05) is 24.9 Å². The maximum Gasteiger partial charge on any atom is 0.341 e. The summed E-state index contributed by atoms with van der Waals surface area (Å²) in [5, 5.41) is 4.56. The Morgan fingerprint density at radius 3 is 2.56 bits per heavy atom. The zero-order chi connectivity index (χ0) is 22.1. The van der Waals surface area contributed by atoms with Crippen LogP contribution >= 0.6 is 0 Å². The van der Waals surface area contributed by atoms with Crippen molar-refractivity contribution in [2.45, 2.75) is 69.6 Å². The van der Waals surface area contributed by atoms with Crippen molar-refractivity contribution in [3.63, 3.8) is 0 Å². The average Bonchev–Trinajstić information content (AvgIpc) is 3.61. The highest BCUT2D eigenvalue weighted by Crippen LogP contribution is 2.43. The van der Waals surface area contributed by atoms with Crippen LogP contribution in [-0.2, 0) is 9.53 Å². The third-order valence-electron chi connectivity index (χ3n) is 7.45. The number of ether oxygens (including phenoxy) is 1. The molecule has 6 nitrogen and oxygen atoms in total. The van der Waals surface area contributed by atoms with E-state index in [1.54, 1.807) is 6.20 Å². The molecular weight excluding hydrogens is 402 g/mol. The van der Waals surface area contributed by atoms with Crippen molar-refractivity contribution < 1.29 is 14.3 Å². The molecule has 1 aromatic carbocycles. The Morgan fingerprint density at radius 1 is 1.00 bits per heavy atom. The van der Waals surface area contributed by atoms with Crippen LogP contribution < -0.4 is 0 Å². The summed E-state index contributed by atoms with van der Waals surface area (Å²) in [5.41, 5.74) is 3.81. The summed E-state index contributed by atoms with van der Waals surface area (Å²) >= 11 is 0. The van der Waals surface area contributed by atoms with Crippen LogP contribution in [0.25, 0.3) is 5.69 Å². The first-order valence-electron chi connectivity index (χ1n) is 12.2. The van der Waals surface area contributed by atoms with Crippen molar-refractivity contribution in [3.05, 3.63) is 47.3 Å². The first-order chi connectivity index (χ1) is 15.7. The lowest BCUT2D eigenvalue weighted by Gasteiger charge is -2.34. The van der Waals surface area contributed by atoms with Crippen molar-refractivity contribution in [2.24, 2.45) is 5.92 Å². The number of esters is 1. The molecule has 2 atom stereocenters. The van der Waals surface area contributed by atoms with Crippen LogP contribution in [0.1, 0.15) is 91.2 Å². The van der Waals surface area contributed by atoms with Gasteiger partial charge in [0.15, 0.2) is 0 Å². The number of hydrogen-bond donors (Lipinski definition) is 0. The van der Waals surface area contributed by atoms with E-state index in [4.69, 9.17) is 4.74 Å². The number of rotatable bonds is 5. The second-order valence-electron chi connectivity index (χ2n) is 9.66. The van der Waals surface area contributed by atoms with Gasteiger partial charge in [-0.2, -0.15) is 5.10 Å². The minimum atomic E-state index is -0.319. The molecule has 1 aromatic heterocycles. The topological polar surface area (TPSA) is 64.4 Å². The monoisotopic (exact) mass is 435 g/mol. The van der Waals surface area contributed by atoms with E-state index in [2.05, 4.69) is 34.3 Å². The quantitative estimate of drug-likeness (QED) is 0.632. The van der Waals surface area contributed by atoms with E-state index in [-0.39, 0.29) is 11.9 Å². The minimum Gasteiger partial charge on any atom is -0.465 e. The van der Waals surface area contributed by atoms with Gasteiger partial charge in [-0.1, -0.05) is 18.6 Å². The van der Waals surface area contributed by atoms with Gasteiger partial charge in [-0.05, 0) is 75.0 Å². The molecule has 2 heterocycles. The van der Waals surface area contributed by atoms with Crippen molar-refractivity contribution in [2.75, 3.05) is 20.2 Å². The number of carbonyl (C=O) groups excluding carboxylic acids is 2. The third-order valence-corrected chi connectivity index (χ3v) is 7.45. The molecule has 5 rings (SSSR count). The van der Waals surface area contributed by atoms with E-state index >= 15 is 0 Å². The first kappa shape index (κ1) is 21.2. The summed E-state index contributed by atoms with van der Waals surface area (Å²) in [5.74, 6) is 0.962. The smallest absolute Gasteiger partial charge is 0.341 e. The highest BCUT2D eigenvalue weighted by atomic mass is 16.5. The predicted molar refractivity (Wildman–Crippen MR) is 122 cm³/mol. The van der Waals surface area contributed by atoms with Crippen LogP contribution in [0.4, 0.5) is 0 Å². The van der Waals surface area contributed by atoms with E-state index in [0.29, 0.717) is 23.3 Å². The minimum absolute atomic E-state index is 0.146. The molecular formula is C26H33N3O3. The Kier molecular flexibility index (Phi) is 6.03. The number of amides is 1. The van der Waals surface area contributed by atoms with Crippen LogP contribution in [0.2, 0.25) is 0 Å². The lowest BCUT2D eigenvalue weighted by Crippen LogP contribution is -2.40. The largest absolute Gasteiger partial charge is 0.465 e. The van der Waals surface area contributed by atoms with E-state index in [9.17, 15) is 9.59 Å². The lowest BCUT2D eigenvalue weighted by molar-refractivity contribution is -0.137. The second-order valence-corrected chi connectivity index (χ2v) is 9.66. The van der Waals surface area contributed by atoms with Crippen molar-refractivity contribution in [1.29, 1.82) is 0 Å².